The summed E-state index contributed by atoms with van der Waals surface area (Å²) in [4.78, 5) is 10.9. The third kappa shape index (κ3) is 2.82. The van der Waals surface area contributed by atoms with Crippen molar-refractivity contribution in [2.45, 2.75) is 25.3 Å². The zero-order chi connectivity index (χ0) is 13.1. The Hall–Kier alpha value is -1.54. The lowest BCUT2D eigenvalue weighted by Crippen LogP contribution is -2.18. The van der Waals surface area contributed by atoms with Crippen LogP contribution in [0.1, 0.15) is 24.8 Å². The van der Waals surface area contributed by atoms with Crippen LogP contribution < -0.4 is 5.32 Å². The Morgan fingerprint density at radius 2 is 2.28 bits per heavy atom. The first-order chi connectivity index (χ1) is 8.60. The van der Waals surface area contributed by atoms with Crippen LogP contribution in [0.4, 0.5) is 5.69 Å². The molecule has 5 heteroatoms. The molecule has 2 atom stereocenters. The number of rotatable bonds is 3. The van der Waals surface area contributed by atoms with Gasteiger partial charge >= 0.3 is 5.97 Å². The SMILES string of the molecule is N#Cc1ccc(Br)cc1N[C@H]1CC[C@@H](C(=O)O)C1. The number of benzene rings is 1. The molecule has 2 rings (SSSR count). The molecule has 1 aromatic rings. The molecule has 4 nitrogen and oxygen atoms in total. The van der Waals surface area contributed by atoms with Gasteiger partial charge in [0, 0.05) is 10.5 Å². The van der Waals surface area contributed by atoms with Gasteiger partial charge in [-0.25, -0.2) is 0 Å². The molecule has 18 heavy (non-hydrogen) atoms. The van der Waals surface area contributed by atoms with Gasteiger partial charge in [0.05, 0.1) is 17.2 Å². The average Bonchev–Trinajstić information content (AvgIpc) is 2.78. The number of carboxylic acids is 1. The fourth-order valence-electron chi connectivity index (χ4n) is 2.29. The minimum atomic E-state index is -0.728. The first kappa shape index (κ1) is 12.9. The molecule has 2 N–H and O–H groups in total. The minimum Gasteiger partial charge on any atom is -0.481 e. The fraction of sp³-hybridized carbons (Fsp3) is 0.385. The van der Waals surface area contributed by atoms with Gasteiger partial charge in [-0.2, -0.15) is 5.26 Å². The van der Waals surface area contributed by atoms with Crippen LogP contribution >= 0.6 is 15.9 Å². The van der Waals surface area contributed by atoms with Gasteiger partial charge < -0.3 is 10.4 Å². The number of nitrogens with zero attached hydrogens (tertiary/aromatic N) is 1. The topological polar surface area (TPSA) is 73.1 Å². The Balaban J connectivity index is 2.09. The normalized spacial score (nSPS) is 22.4. The molecule has 0 radical (unpaired) electrons. The van der Waals surface area contributed by atoms with Crippen molar-refractivity contribution in [2.75, 3.05) is 5.32 Å². The second-order valence-corrected chi connectivity index (χ2v) is 5.41. The van der Waals surface area contributed by atoms with Gasteiger partial charge in [-0.1, -0.05) is 15.9 Å². The molecule has 1 aliphatic carbocycles. The van der Waals surface area contributed by atoms with Gasteiger partial charge in [0.15, 0.2) is 0 Å². The van der Waals surface area contributed by atoms with E-state index >= 15 is 0 Å². The van der Waals surface area contributed by atoms with E-state index in [1.54, 1.807) is 6.07 Å². The first-order valence-electron chi connectivity index (χ1n) is 5.79. The van der Waals surface area contributed by atoms with Crippen LogP contribution in [-0.4, -0.2) is 17.1 Å². The highest BCUT2D eigenvalue weighted by atomic mass is 79.9. The van der Waals surface area contributed by atoms with Crippen molar-refractivity contribution in [3.63, 3.8) is 0 Å². The summed E-state index contributed by atoms with van der Waals surface area (Å²) in [5.41, 5.74) is 1.35. The molecule has 1 aromatic carbocycles. The van der Waals surface area contributed by atoms with Gasteiger partial charge in [0.1, 0.15) is 6.07 Å². The molecule has 0 aromatic heterocycles. The zero-order valence-electron chi connectivity index (χ0n) is 9.69. The molecule has 94 valence electrons. The third-order valence-corrected chi connectivity index (χ3v) is 3.74. The highest BCUT2D eigenvalue weighted by Crippen LogP contribution is 2.30. The molecule has 1 aliphatic rings. The Morgan fingerprint density at radius 3 is 2.89 bits per heavy atom. The largest absolute Gasteiger partial charge is 0.481 e. The quantitative estimate of drug-likeness (QED) is 0.900. The van der Waals surface area contributed by atoms with Crippen LogP contribution in [0, 0.1) is 17.2 Å². The van der Waals surface area contributed by atoms with Crippen LogP contribution in [-0.2, 0) is 4.79 Å². The fourth-order valence-corrected chi connectivity index (χ4v) is 2.65. The molecule has 0 bridgehead atoms. The van der Waals surface area contributed by atoms with E-state index in [-0.39, 0.29) is 12.0 Å². The second kappa shape index (κ2) is 5.40. The monoisotopic (exact) mass is 308 g/mol. The predicted octanol–water partition coefficient (Wildman–Crippen LogP) is 2.99. The van der Waals surface area contributed by atoms with Crippen molar-refractivity contribution >= 4 is 27.6 Å². The number of nitriles is 1. The van der Waals surface area contributed by atoms with Crippen molar-refractivity contribution in [1.29, 1.82) is 5.26 Å². The molecular weight excluding hydrogens is 296 g/mol. The van der Waals surface area contributed by atoms with E-state index in [0.717, 1.165) is 16.6 Å². The summed E-state index contributed by atoms with van der Waals surface area (Å²) >= 11 is 3.37. The van der Waals surface area contributed by atoms with Gasteiger partial charge in [0.2, 0.25) is 0 Å². The molecule has 1 saturated carbocycles. The maximum Gasteiger partial charge on any atom is 0.306 e. The molecule has 0 heterocycles. The van der Waals surface area contributed by atoms with Gasteiger partial charge in [-0.15, -0.1) is 0 Å². The number of carboxylic acid groups (broad SMARTS) is 1. The molecule has 1 fully saturated rings. The summed E-state index contributed by atoms with van der Waals surface area (Å²) in [5.74, 6) is -0.991. The van der Waals surface area contributed by atoms with E-state index in [2.05, 4.69) is 27.3 Å². The number of halogens is 1. The van der Waals surface area contributed by atoms with Crippen molar-refractivity contribution in [2.24, 2.45) is 5.92 Å². The smallest absolute Gasteiger partial charge is 0.306 e. The van der Waals surface area contributed by atoms with Crippen LogP contribution in [0.3, 0.4) is 0 Å². The van der Waals surface area contributed by atoms with E-state index in [1.807, 2.05) is 12.1 Å². The summed E-state index contributed by atoms with van der Waals surface area (Å²) in [6.45, 7) is 0. The van der Waals surface area contributed by atoms with Gasteiger partial charge in [0.25, 0.3) is 0 Å². The van der Waals surface area contributed by atoms with Crippen molar-refractivity contribution < 1.29 is 9.90 Å². The average molecular weight is 309 g/mol. The standard InChI is InChI=1S/C13H13BrN2O2/c14-10-3-1-9(7-15)12(6-10)16-11-4-2-8(5-11)13(17)18/h1,3,6,8,11,16H,2,4-5H2,(H,17,18)/t8-,11+/m1/s1. The predicted molar refractivity (Wildman–Crippen MR) is 71.2 cm³/mol. The van der Waals surface area contributed by atoms with E-state index < -0.39 is 5.97 Å². The Morgan fingerprint density at radius 1 is 1.50 bits per heavy atom. The highest BCUT2D eigenvalue weighted by Gasteiger charge is 2.29. The van der Waals surface area contributed by atoms with Crippen molar-refractivity contribution in [3.05, 3.63) is 28.2 Å². The summed E-state index contributed by atoms with van der Waals surface area (Å²) in [5, 5.41) is 21.2. The highest BCUT2D eigenvalue weighted by molar-refractivity contribution is 9.10. The number of anilines is 1. The zero-order valence-corrected chi connectivity index (χ0v) is 11.3. The summed E-state index contributed by atoms with van der Waals surface area (Å²) < 4.78 is 0.900. The number of hydrogen-bond donors (Lipinski definition) is 2. The Bertz CT molecular complexity index is 510. The molecule has 0 spiro atoms. The third-order valence-electron chi connectivity index (χ3n) is 3.24. The number of hydrogen-bond acceptors (Lipinski definition) is 3. The molecule has 0 aliphatic heterocycles. The Kier molecular flexibility index (Phi) is 3.87. The number of nitrogens with one attached hydrogen (secondary N) is 1. The van der Waals surface area contributed by atoms with E-state index in [4.69, 9.17) is 10.4 Å². The van der Waals surface area contributed by atoms with Gasteiger partial charge in [-0.05, 0) is 37.5 Å². The first-order valence-corrected chi connectivity index (χ1v) is 6.58. The Labute approximate surface area is 114 Å². The lowest BCUT2D eigenvalue weighted by Gasteiger charge is -2.15. The second-order valence-electron chi connectivity index (χ2n) is 4.49. The lowest BCUT2D eigenvalue weighted by molar-refractivity contribution is -0.141. The lowest BCUT2D eigenvalue weighted by atomic mass is 10.1. The minimum absolute atomic E-state index is 0.132. The molecule has 0 amide bonds. The maximum atomic E-state index is 10.9. The van der Waals surface area contributed by atoms with Gasteiger partial charge in [-0.3, -0.25) is 4.79 Å². The van der Waals surface area contributed by atoms with Crippen molar-refractivity contribution in [3.8, 4) is 6.07 Å². The summed E-state index contributed by atoms with van der Waals surface area (Å²) in [6, 6.07) is 7.68. The van der Waals surface area contributed by atoms with Crippen LogP contribution in [0.2, 0.25) is 0 Å². The van der Waals surface area contributed by atoms with E-state index in [1.165, 1.54) is 0 Å². The van der Waals surface area contributed by atoms with E-state index in [0.29, 0.717) is 18.4 Å². The number of carbonyl (C=O) groups is 1. The van der Waals surface area contributed by atoms with Crippen LogP contribution in [0.25, 0.3) is 0 Å². The van der Waals surface area contributed by atoms with E-state index in [9.17, 15) is 4.79 Å². The van der Waals surface area contributed by atoms with Crippen LogP contribution in [0.5, 0.6) is 0 Å². The number of aliphatic carboxylic acids is 1. The molecule has 0 saturated heterocycles. The molecular formula is C13H13BrN2O2. The maximum absolute atomic E-state index is 10.9. The summed E-state index contributed by atoms with van der Waals surface area (Å²) in [7, 11) is 0. The molecule has 0 unspecified atom stereocenters. The van der Waals surface area contributed by atoms with Crippen molar-refractivity contribution in [1.82, 2.24) is 0 Å². The van der Waals surface area contributed by atoms with Crippen LogP contribution in [0.15, 0.2) is 22.7 Å². The summed E-state index contributed by atoms with van der Waals surface area (Å²) in [6.07, 6.45) is 2.14.